The molecule has 1 aromatic carbocycles. The van der Waals surface area contributed by atoms with Gasteiger partial charge in [0.1, 0.15) is 18.0 Å². The summed E-state index contributed by atoms with van der Waals surface area (Å²) in [4.78, 5) is 4.33. The summed E-state index contributed by atoms with van der Waals surface area (Å²) in [6.45, 7) is 2.53. The number of rotatable bonds is 0. The van der Waals surface area contributed by atoms with E-state index in [9.17, 15) is 9.65 Å². The molecule has 1 unspecified atom stereocenters. The molecular weight excluding hydrogens is 421 g/mol. The van der Waals surface area contributed by atoms with Crippen LogP contribution in [0.4, 0.5) is 10.2 Å². The minimum Gasteiger partial charge on any atom is -0.482 e. The molecule has 5 heterocycles. The lowest BCUT2D eigenvalue weighted by Crippen LogP contribution is -2.10. The van der Waals surface area contributed by atoms with Gasteiger partial charge in [0, 0.05) is 59.7 Å². The fourth-order valence-electron chi connectivity index (χ4n) is 5.05. The van der Waals surface area contributed by atoms with Gasteiger partial charge in [0.2, 0.25) is 0 Å². The van der Waals surface area contributed by atoms with Gasteiger partial charge in [-0.15, -0.1) is 0 Å². The molecule has 2 bridgehead atoms. The summed E-state index contributed by atoms with van der Waals surface area (Å²) in [5, 5.41) is 19.2. The lowest BCUT2D eigenvalue weighted by Gasteiger charge is -2.21. The zero-order valence-corrected chi connectivity index (χ0v) is 18.1. The molecular formula is C24H20FN7O. The Morgan fingerprint density at radius 2 is 2.09 bits per heavy atom. The predicted molar refractivity (Wildman–Crippen MR) is 119 cm³/mol. The number of nitrogens with two attached hydrogens (primary N) is 1. The second-order valence-electron chi connectivity index (χ2n) is 8.49. The van der Waals surface area contributed by atoms with E-state index in [2.05, 4.69) is 16.2 Å². The molecule has 0 spiro atoms. The van der Waals surface area contributed by atoms with Crippen molar-refractivity contribution in [3.05, 3.63) is 65.0 Å². The Morgan fingerprint density at radius 3 is 2.91 bits per heavy atom. The van der Waals surface area contributed by atoms with Crippen molar-refractivity contribution in [2.75, 3.05) is 5.73 Å². The summed E-state index contributed by atoms with van der Waals surface area (Å²) in [5.41, 5.74) is 12.1. The van der Waals surface area contributed by atoms with E-state index in [-0.39, 0.29) is 17.6 Å². The second kappa shape index (κ2) is 6.90. The third-order valence-electron chi connectivity index (χ3n) is 6.47. The van der Waals surface area contributed by atoms with E-state index in [0.717, 1.165) is 34.5 Å². The van der Waals surface area contributed by atoms with Crippen molar-refractivity contribution in [3.8, 4) is 34.2 Å². The SMILES string of the molecule is C[C@H]1Oc2cc(cnc2N)-c2c(C#N)nn3c2C(CC3)c2cn(C)nc2-c2ccc(F)cc21. The quantitative estimate of drug-likeness (QED) is 0.443. The monoisotopic (exact) mass is 441 g/mol. The maximum absolute atomic E-state index is 14.3. The number of aromatic nitrogens is 5. The maximum Gasteiger partial charge on any atom is 0.170 e. The fraction of sp³-hybridized carbons (Fsp3) is 0.250. The third-order valence-corrected chi connectivity index (χ3v) is 6.47. The zero-order valence-electron chi connectivity index (χ0n) is 18.1. The van der Waals surface area contributed by atoms with E-state index in [1.165, 1.54) is 12.1 Å². The summed E-state index contributed by atoms with van der Waals surface area (Å²) in [5.74, 6) is 0.204. The number of nitrogens with zero attached hydrogens (tertiary/aromatic N) is 6. The van der Waals surface area contributed by atoms with Gasteiger partial charge >= 0.3 is 0 Å². The van der Waals surface area contributed by atoms with Crippen molar-refractivity contribution in [1.29, 1.82) is 5.26 Å². The zero-order chi connectivity index (χ0) is 22.9. The van der Waals surface area contributed by atoms with E-state index in [0.29, 0.717) is 29.1 Å². The summed E-state index contributed by atoms with van der Waals surface area (Å²) >= 11 is 0. The number of pyridine rings is 1. The predicted octanol–water partition coefficient (Wildman–Crippen LogP) is 3.93. The Hall–Kier alpha value is -4.19. The minimum absolute atomic E-state index is 0.0344. The molecule has 164 valence electrons. The van der Waals surface area contributed by atoms with Crippen LogP contribution in [0.1, 0.15) is 47.9 Å². The van der Waals surface area contributed by atoms with Gasteiger partial charge in [-0.25, -0.2) is 9.37 Å². The number of hydrogen-bond acceptors (Lipinski definition) is 6. The normalized spacial score (nSPS) is 18.2. The Labute approximate surface area is 189 Å². The first-order valence-electron chi connectivity index (χ1n) is 10.7. The summed E-state index contributed by atoms with van der Waals surface area (Å²) < 4.78 is 24.2. The molecule has 0 radical (unpaired) electrons. The van der Waals surface area contributed by atoms with Crippen LogP contribution < -0.4 is 10.5 Å². The second-order valence-corrected chi connectivity index (χ2v) is 8.49. The lowest BCUT2D eigenvalue weighted by atomic mass is 9.87. The smallest absolute Gasteiger partial charge is 0.170 e. The number of aryl methyl sites for hydroxylation is 2. The average Bonchev–Trinajstić information content (AvgIpc) is 3.47. The first-order valence-corrected chi connectivity index (χ1v) is 10.7. The van der Waals surface area contributed by atoms with E-state index >= 15 is 0 Å². The van der Waals surface area contributed by atoms with Gasteiger partial charge in [-0.05, 0) is 37.6 Å². The van der Waals surface area contributed by atoms with Crippen molar-refractivity contribution in [1.82, 2.24) is 24.5 Å². The van der Waals surface area contributed by atoms with Crippen LogP contribution in [0.15, 0.2) is 36.7 Å². The van der Waals surface area contributed by atoms with Crippen molar-refractivity contribution in [2.45, 2.75) is 31.9 Å². The molecule has 2 N–H and O–H groups in total. The highest BCUT2D eigenvalue weighted by Gasteiger charge is 2.36. The highest BCUT2D eigenvalue weighted by molar-refractivity contribution is 5.77. The molecule has 6 rings (SSSR count). The maximum atomic E-state index is 14.3. The molecule has 33 heavy (non-hydrogen) atoms. The molecule has 8 nitrogen and oxygen atoms in total. The van der Waals surface area contributed by atoms with Crippen LogP contribution in [0.5, 0.6) is 5.75 Å². The molecule has 2 atom stereocenters. The molecule has 0 saturated heterocycles. The lowest BCUT2D eigenvalue weighted by molar-refractivity contribution is 0.227. The largest absolute Gasteiger partial charge is 0.482 e. The number of nitriles is 1. The third kappa shape index (κ3) is 2.84. The number of benzene rings is 1. The molecule has 3 aromatic heterocycles. The van der Waals surface area contributed by atoms with Gasteiger partial charge in [-0.3, -0.25) is 9.36 Å². The van der Waals surface area contributed by atoms with Crippen LogP contribution in [0.3, 0.4) is 0 Å². The van der Waals surface area contributed by atoms with Gasteiger partial charge < -0.3 is 10.5 Å². The molecule has 9 heteroatoms. The number of ether oxygens (including phenoxy) is 1. The highest BCUT2D eigenvalue weighted by Crippen LogP contribution is 2.46. The van der Waals surface area contributed by atoms with Crippen LogP contribution in [-0.4, -0.2) is 24.5 Å². The Balaban J connectivity index is 1.71. The van der Waals surface area contributed by atoms with Crippen LogP contribution in [-0.2, 0) is 13.6 Å². The van der Waals surface area contributed by atoms with Crippen molar-refractivity contribution in [2.24, 2.45) is 7.05 Å². The molecule has 4 aromatic rings. The highest BCUT2D eigenvalue weighted by atomic mass is 19.1. The molecule has 0 saturated carbocycles. The van der Waals surface area contributed by atoms with E-state index in [4.69, 9.17) is 15.6 Å². The van der Waals surface area contributed by atoms with Crippen molar-refractivity contribution < 1.29 is 9.13 Å². The molecule has 0 fully saturated rings. The average molecular weight is 441 g/mol. The first kappa shape index (κ1) is 19.5. The van der Waals surface area contributed by atoms with Gasteiger partial charge in [0.05, 0.1) is 11.4 Å². The van der Waals surface area contributed by atoms with Gasteiger partial charge in [0.25, 0.3) is 0 Å². The van der Waals surface area contributed by atoms with Crippen LogP contribution >= 0.6 is 0 Å². The van der Waals surface area contributed by atoms with E-state index < -0.39 is 6.10 Å². The van der Waals surface area contributed by atoms with E-state index in [1.807, 2.05) is 24.9 Å². The molecule has 0 aliphatic carbocycles. The minimum atomic E-state index is -0.523. The molecule has 2 aliphatic heterocycles. The molecule has 0 amide bonds. The first-order chi connectivity index (χ1) is 15.9. The number of fused-ring (bicyclic) bond motifs is 7. The molecule has 2 aliphatic rings. The van der Waals surface area contributed by atoms with E-state index in [1.54, 1.807) is 23.0 Å². The number of halogens is 1. The van der Waals surface area contributed by atoms with Crippen molar-refractivity contribution >= 4 is 5.82 Å². The van der Waals surface area contributed by atoms with Crippen LogP contribution in [0, 0.1) is 17.1 Å². The Morgan fingerprint density at radius 1 is 1.24 bits per heavy atom. The summed E-state index contributed by atoms with van der Waals surface area (Å²) in [6.07, 6.45) is 3.93. The van der Waals surface area contributed by atoms with Crippen molar-refractivity contribution in [3.63, 3.8) is 0 Å². The van der Waals surface area contributed by atoms with Crippen LogP contribution in [0.2, 0.25) is 0 Å². The van der Waals surface area contributed by atoms with Gasteiger partial charge in [-0.2, -0.15) is 15.5 Å². The van der Waals surface area contributed by atoms with Gasteiger partial charge in [-0.1, -0.05) is 0 Å². The fourth-order valence-corrected chi connectivity index (χ4v) is 5.05. The summed E-state index contributed by atoms with van der Waals surface area (Å²) in [6, 6.07) is 8.68. The number of anilines is 1. The summed E-state index contributed by atoms with van der Waals surface area (Å²) in [7, 11) is 1.87. The Bertz CT molecular complexity index is 1480. The topological polar surface area (TPSA) is 108 Å². The van der Waals surface area contributed by atoms with Crippen LogP contribution in [0.25, 0.3) is 22.4 Å². The number of nitrogen functional groups attached to an aromatic ring is 1. The standard InChI is InChI=1S/C24H20FN7O/c1-12-17-8-14(25)3-4-15(17)22-18(11-31(2)30-22)16-5-6-32-23(16)21(19(9-26)29-32)13-7-20(33-12)24(27)28-10-13/h3-4,7-8,10-12,16H,5-6H2,1-2H3,(H2,27,28)/t12-,16?/m1/s1. The van der Waals surface area contributed by atoms with Gasteiger partial charge in [0.15, 0.2) is 17.3 Å². The Kier molecular flexibility index (Phi) is 4.08. The number of hydrogen-bond donors (Lipinski definition) is 1.